The second-order valence-electron chi connectivity index (χ2n) is 10.4. The van der Waals surface area contributed by atoms with Crippen molar-refractivity contribution in [3.8, 4) is 28.7 Å². The lowest BCUT2D eigenvalue weighted by atomic mass is 10.1. The molecule has 2 amide bonds. The van der Waals surface area contributed by atoms with Crippen molar-refractivity contribution >= 4 is 27.5 Å². The molecular weight excluding hydrogens is 614 g/mol. The summed E-state index contributed by atoms with van der Waals surface area (Å²) in [7, 11) is 2.74. The lowest BCUT2D eigenvalue weighted by Gasteiger charge is -2.33. The second kappa shape index (κ2) is 16.1. The molecule has 0 unspecified atom stereocenters. The molecule has 0 spiro atoms. The van der Waals surface area contributed by atoms with Crippen molar-refractivity contribution in [1.82, 2.24) is 10.2 Å². The summed E-state index contributed by atoms with van der Waals surface area (Å²) in [6, 6.07) is 14.8. The molecule has 0 aliphatic carbocycles. The predicted molar refractivity (Wildman–Crippen MR) is 175 cm³/mol. The highest BCUT2D eigenvalue weighted by atomic mass is 32.2. The van der Waals surface area contributed by atoms with Crippen molar-refractivity contribution in [1.29, 1.82) is 0 Å². The van der Waals surface area contributed by atoms with Crippen LogP contribution in [0.4, 0.5) is 5.69 Å². The molecule has 0 aliphatic heterocycles. The SMILES string of the molecule is CC[C@@H](C)NC(=O)[C@@H](C)N(Cc1cccc(OC)c1)C(=O)CN(c1cc(OC)ccc1OC)S(=O)(=O)c1ccc(OC)c(OC)c1. The third-order valence-electron chi connectivity index (χ3n) is 7.53. The average Bonchev–Trinajstić information content (AvgIpc) is 3.08. The summed E-state index contributed by atoms with van der Waals surface area (Å²) in [5.74, 6) is 0.587. The van der Waals surface area contributed by atoms with Gasteiger partial charge in [0, 0.05) is 24.7 Å². The average molecular weight is 658 g/mol. The van der Waals surface area contributed by atoms with Crippen LogP contribution in [0.25, 0.3) is 0 Å². The molecule has 0 aromatic heterocycles. The fourth-order valence-corrected chi connectivity index (χ4v) is 6.06. The molecule has 0 bridgehead atoms. The molecule has 46 heavy (non-hydrogen) atoms. The molecule has 3 aromatic carbocycles. The van der Waals surface area contributed by atoms with Crippen LogP contribution >= 0.6 is 0 Å². The lowest BCUT2D eigenvalue weighted by Crippen LogP contribution is -2.52. The highest BCUT2D eigenvalue weighted by Gasteiger charge is 2.35. The van der Waals surface area contributed by atoms with Gasteiger partial charge in [-0.05, 0) is 62.2 Å². The molecule has 0 aliphatic rings. The molecule has 0 radical (unpaired) electrons. The monoisotopic (exact) mass is 657 g/mol. The van der Waals surface area contributed by atoms with E-state index in [9.17, 15) is 18.0 Å². The van der Waals surface area contributed by atoms with Crippen LogP contribution in [0.3, 0.4) is 0 Å². The van der Waals surface area contributed by atoms with Crippen molar-refractivity contribution in [3.05, 3.63) is 66.2 Å². The Morgan fingerprint density at radius 3 is 2.02 bits per heavy atom. The third-order valence-corrected chi connectivity index (χ3v) is 9.29. The Morgan fingerprint density at radius 1 is 0.783 bits per heavy atom. The van der Waals surface area contributed by atoms with E-state index in [-0.39, 0.29) is 40.6 Å². The van der Waals surface area contributed by atoms with Gasteiger partial charge in [0.2, 0.25) is 11.8 Å². The molecule has 3 aromatic rings. The molecule has 0 fully saturated rings. The van der Waals surface area contributed by atoms with Gasteiger partial charge in [-0.15, -0.1) is 0 Å². The molecular formula is C33H43N3O9S. The number of amides is 2. The Kier molecular flexibility index (Phi) is 12.5. The topological polar surface area (TPSA) is 133 Å². The van der Waals surface area contributed by atoms with Gasteiger partial charge in [-0.3, -0.25) is 13.9 Å². The number of hydrogen-bond acceptors (Lipinski definition) is 9. The Labute approximate surface area is 271 Å². The van der Waals surface area contributed by atoms with Crippen molar-refractivity contribution < 1.29 is 41.7 Å². The highest BCUT2D eigenvalue weighted by molar-refractivity contribution is 7.92. The van der Waals surface area contributed by atoms with Crippen LogP contribution in [0.5, 0.6) is 28.7 Å². The molecule has 12 nitrogen and oxygen atoms in total. The van der Waals surface area contributed by atoms with Crippen LogP contribution < -0.4 is 33.3 Å². The first-order chi connectivity index (χ1) is 21.9. The minimum Gasteiger partial charge on any atom is -0.497 e. The zero-order valence-corrected chi connectivity index (χ0v) is 28.3. The maximum absolute atomic E-state index is 14.4. The number of nitrogens with one attached hydrogen (secondary N) is 1. The van der Waals surface area contributed by atoms with Gasteiger partial charge in [0.1, 0.15) is 29.8 Å². The quantitative estimate of drug-likeness (QED) is 0.240. The molecule has 0 saturated carbocycles. The fraction of sp³-hybridized carbons (Fsp3) is 0.394. The largest absolute Gasteiger partial charge is 0.497 e. The number of ether oxygens (including phenoxy) is 5. The van der Waals surface area contributed by atoms with E-state index in [1.807, 2.05) is 13.8 Å². The molecule has 13 heteroatoms. The van der Waals surface area contributed by atoms with E-state index in [1.54, 1.807) is 43.3 Å². The van der Waals surface area contributed by atoms with Gasteiger partial charge >= 0.3 is 0 Å². The molecule has 1 N–H and O–H groups in total. The number of carbonyl (C=O) groups is 2. The molecule has 2 atom stereocenters. The van der Waals surface area contributed by atoms with Gasteiger partial charge < -0.3 is 33.9 Å². The van der Waals surface area contributed by atoms with Crippen molar-refractivity contribution in [3.63, 3.8) is 0 Å². The molecule has 250 valence electrons. The van der Waals surface area contributed by atoms with E-state index in [1.165, 1.54) is 64.7 Å². The van der Waals surface area contributed by atoms with Gasteiger partial charge in [0.15, 0.2) is 11.5 Å². The summed E-state index contributed by atoms with van der Waals surface area (Å²) in [6.45, 7) is 4.74. The first-order valence-corrected chi connectivity index (χ1v) is 16.1. The van der Waals surface area contributed by atoms with Crippen LogP contribution in [-0.4, -0.2) is 79.3 Å². The standard InChI is InChI=1S/C33H43N3O9S/c1-9-22(2)34-33(38)23(3)35(20-24-11-10-12-25(17-24)41-4)32(37)21-36(28-18-26(42-5)13-15-29(28)43-6)46(39,40)27-14-16-30(44-7)31(19-27)45-8/h10-19,22-23H,9,20-21H2,1-8H3,(H,34,38)/t22-,23-/m1/s1. The summed E-state index contributed by atoms with van der Waals surface area (Å²) in [5, 5.41) is 2.92. The van der Waals surface area contributed by atoms with Gasteiger partial charge in [0.25, 0.3) is 10.0 Å². The molecule has 3 rings (SSSR count). The van der Waals surface area contributed by atoms with Gasteiger partial charge in [-0.25, -0.2) is 8.42 Å². The minimum atomic E-state index is -4.46. The Hall–Kier alpha value is -4.65. The normalized spacial score (nSPS) is 12.3. The smallest absolute Gasteiger partial charge is 0.265 e. The summed E-state index contributed by atoms with van der Waals surface area (Å²) >= 11 is 0. The van der Waals surface area contributed by atoms with E-state index in [4.69, 9.17) is 23.7 Å². The Bertz CT molecular complexity index is 1610. The zero-order valence-electron chi connectivity index (χ0n) is 27.5. The van der Waals surface area contributed by atoms with Gasteiger partial charge in [-0.1, -0.05) is 19.1 Å². The summed E-state index contributed by atoms with van der Waals surface area (Å²) in [6.07, 6.45) is 0.690. The van der Waals surface area contributed by atoms with Crippen molar-refractivity contribution in [2.75, 3.05) is 46.4 Å². The maximum Gasteiger partial charge on any atom is 0.265 e. The van der Waals surface area contributed by atoms with Crippen molar-refractivity contribution in [2.45, 2.75) is 50.7 Å². The summed E-state index contributed by atoms with van der Waals surface area (Å²) in [4.78, 5) is 28.9. The fourth-order valence-electron chi connectivity index (χ4n) is 4.62. The zero-order chi connectivity index (χ0) is 34.0. The minimum absolute atomic E-state index is 0.00458. The first kappa shape index (κ1) is 35.8. The Morgan fingerprint density at radius 2 is 1.41 bits per heavy atom. The number of sulfonamides is 1. The van der Waals surface area contributed by atoms with E-state index in [2.05, 4.69) is 5.32 Å². The van der Waals surface area contributed by atoms with Crippen LogP contribution in [0.2, 0.25) is 0 Å². The van der Waals surface area contributed by atoms with Gasteiger partial charge in [-0.2, -0.15) is 0 Å². The number of hydrogen-bond donors (Lipinski definition) is 1. The number of methoxy groups -OCH3 is 5. The lowest BCUT2D eigenvalue weighted by molar-refractivity contribution is -0.139. The Balaban J connectivity index is 2.17. The number of carbonyl (C=O) groups excluding carboxylic acids is 2. The summed E-state index contributed by atoms with van der Waals surface area (Å²) < 4.78 is 56.7. The number of nitrogens with zero attached hydrogens (tertiary/aromatic N) is 2. The van der Waals surface area contributed by atoms with E-state index >= 15 is 0 Å². The second-order valence-corrected chi connectivity index (χ2v) is 12.3. The van der Waals surface area contributed by atoms with Crippen LogP contribution in [0.15, 0.2) is 65.6 Å². The van der Waals surface area contributed by atoms with Crippen molar-refractivity contribution in [2.24, 2.45) is 0 Å². The maximum atomic E-state index is 14.4. The van der Waals surface area contributed by atoms with E-state index in [0.717, 1.165) is 4.31 Å². The van der Waals surface area contributed by atoms with Gasteiger partial charge in [0.05, 0.1) is 46.1 Å². The first-order valence-electron chi connectivity index (χ1n) is 14.6. The third kappa shape index (κ3) is 8.33. The van der Waals surface area contributed by atoms with Crippen LogP contribution in [0, 0.1) is 0 Å². The predicted octanol–water partition coefficient (Wildman–Crippen LogP) is 4.26. The highest BCUT2D eigenvalue weighted by Crippen LogP contribution is 2.38. The number of rotatable bonds is 16. The number of benzene rings is 3. The van der Waals surface area contributed by atoms with Crippen LogP contribution in [-0.2, 0) is 26.2 Å². The number of anilines is 1. The molecule has 0 saturated heterocycles. The van der Waals surface area contributed by atoms with E-state index < -0.39 is 28.5 Å². The van der Waals surface area contributed by atoms with E-state index in [0.29, 0.717) is 29.2 Å². The van der Waals surface area contributed by atoms with Crippen LogP contribution in [0.1, 0.15) is 32.8 Å². The molecule has 0 heterocycles. The summed E-state index contributed by atoms with van der Waals surface area (Å²) in [5.41, 5.74) is 0.743.